The van der Waals surface area contributed by atoms with Crippen molar-refractivity contribution in [3.63, 3.8) is 0 Å². The van der Waals surface area contributed by atoms with Gasteiger partial charge in [-0.25, -0.2) is 9.59 Å². The van der Waals surface area contributed by atoms with Gasteiger partial charge in [0, 0.05) is 28.9 Å². The van der Waals surface area contributed by atoms with Gasteiger partial charge < -0.3 is 15.3 Å². The van der Waals surface area contributed by atoms with Gasteiger partial charge >= 0.3 is 12.0 Å². The van der Waals surface area contributed by atoms with Crippen molar-refractivity contribution in [3.8, 4) is 0 Å². The first kappa shape index (κ1) is 15.6. The van der Waals surface area contributed by atoms with Gasteiger partial charge in [0.25, 0.3) is 0 Å². The average molecular weight is 308 g/mol. The summed E-state index contributed by atoms with van der Waals surface area (Å²) in [6, 6.07) is 3.75. The Morgan fingerprint density at radius 2 is 2.14 bits per heavy atom. The van der Waals surface area contributed by atoms with E-state index in [9.17, 15) is 9.59 Å². The summed E-state index contributed by atoms with van der Waals surface area (Å²) in [7, 11) is 0. The van der Waals surface area contributed by atoms with Gasteiger partial charge in [-0.1, -0.05) is 6.92 Å². The zero-order valence-electron chi connectivity index (χ0n) is 12.0. The predicted molar refractivity (Wildman–Crippen MR) is 83.2 cm³/mol. The lowest BCUT2D eigenvalue weighted by Gasteiger charge is -2.30. The van der Waals surface area contributed by atoms with Crippen molar-refractivity contribution >= 4 is 29.4 Å². The molecule has 1 aromatic heterocycles. The lowest BCUT2D eigenvalue weighted by molar-refractivity contribution is -0.131. The van der Waals surface area contributed by atoms with Gasteiger partial charge in [-0.2, -0.15) is 0 Å². The van der Waals surface area contributed by atoms with E-state index in [0.29, 0.717) is 12.5 Å². The van der Waals surface area contributed by atoms with E-state index in [1.807, 2.05) is 17.0 Å². The highest BCUT2D eigenvalue weighted by Crippen LogP contribution is 2.19. The van der Waals surface area contributed by atoms with E-state index in [-0.39, 0.29) is 6.03 Å². The summed E-state index contributed by atoms with van der Waals surface area (Å²) in [5, 5.41) is 11.5. The Balaban J connectivity index is 1.80. The molecular formula is C15H20N2O3S. The summed E-state index contributed by atoms with van der Waals surface area (Å²) in [4.78, 5) is 26.2. The van der Waals surface area contributed by atoms with Crippen LogP contribution in [-0.2, 0) is 11.3 Å². The number of nitrogens with one attached hydrogen (secondary N) is 1. The zero-order chi connectivity index (χ0) is 15.2. The number of carboxylic acids is 1. The van der Waals surface area contributed by atoms with Crippen LogP contribution in [-0.4, -0.2) is 35.1 Å². The summed E-state index contributed by atoms with van der Waals surface area (Å²) in [6.07, 6.45) is 4.81. The van der Waals surface area contributed by atoms with Crippen molar-refractivity contribution in [2.75, 3.05) is 13.1 Å². The van der Waals surface area contributed by atoms with E-state index < -0.39 is 5.97 Å². The van der Waals surface area contributed by atoms with Gasteiger partial charge in [-0.3, -0.25) is 0 Å². The van der Waals surface area contributed by atoms with Crippen molar-refractivity contribution in [1.29, 1.82) is 0 Å². The molecule has 0 saturated carbocycles. The van der Waals surface area contributed by atoms with Crippen molar-refractivity contribution < 1.29 is 14.7 Å². The topological polar surface area (TPSA) is 69.6 Å². The minimum atomic E-state index is -0.961. The second kappa shape index (κ2) is 7.26. The Morgan fingerprint density at radius 3 is 2.81 bits per heavy atom. The van der Waals surface area contributed by atoms with Gasteiger partial charge in [-0.05, 0) is 37.0 Å². The van der Waals surface area contributed by atoms with Crippen molar-refractivity contribution in [2.45, 2.75) is 26.3 Å². The van der Waals surface area contributed by atoms with Gasteiger partial charge in [0.1, 0.15) is 0 Å². The fraction of sp³-hybridized carbons (Fsp3) is 0.467. The van der Waals surface area contributed by atoms with Crippen LogP contribution in [0.15, 0.2) is 18.2 Å². The number of hydrogen-bond acceptors (Lipinski definition) is 3. The number of carbonyl (C=O) groups excluding carboxylic acids is 1. The third-order valence-electron chi connectivity index (χ3n) is 3.56. The summed E-state index contributed by atoms with van der Waals surface area (Å²) < 4.78 is 0. The minimum Gasteiger partial charge on any atom is -0.478 e. The maximum absolute atomic E-state index is 12.0. The van der Waals surface area contributed by atoms with Crippen molar-refractivity contribution in [3.05, 3.63) is 28.0 Å². The molecule has 1 aliphatic rings. The largest absolute Gasteiger partial charge is 0.478 e. The number of amides is 2. The van der Waals surface area contributed by atoms with Crippen LogP contribution in [0.3, 0.4) is 0 Å². The van der Waals surface area contributed by atoms with Crippen molar-refractivity contribution in [2.24, 2.45) is 5.92 Å². The van der Waals surface area contributed by atoms with E-state index in [1.165, 1.54) is 11.3 Å². The Bertz CT molecular complexity index is 531. The Morgan fingerprint density at radius 1 is 1.43 bits per heavy atom. The molecule has 21 heavy (non-hydrogen) atoms. The normalized spacial score (nSPS) is 16.3. The molecule has 0 aliphatic carbocycles. The SMILES string of the molecule is CC1CCN(C(=O)NCc2ccc(C=CC(=O)O)s2)CC1. The molecule has 114 valence electrons. The second-order valence-corrected chi connectivity index (χ2v) is 6.50. The van der Waals surface area contributed by atoms with Gasteiger partial charge in [0.15, 0.2) is 0 Å². The van der Waals surface area contributed by atoms with E-state index in [2.05, 4.69) is 12.2 Å². The molecule has 1 saturated heterocycles. The summed E-state index contributed by atoms with van der Waals surface area (Å²) in [5.41, 5.74) is 0. The number of piperidine rings is 1. The minimum absolute atomic E-state index is 0.0158. The Hall–Kier alpha value is -1.82. The van der Waals surface area contributed by atoms with Crippen LogP contribution >= 0.6 is 11.3 Å². The molecule has 6 heteroatoms. The molecule has 2 amide bonds. The van der Waals surface area contributed by atoms with Crippen LogP contribution in [0.5, 0.6) is 0 Å². The molecule has 0 bridgehead atoms. The number of nitrogens with zero attached hydrogens (tertiary/aromatic N) is 1. The molecule has 0 radical (unpaired) electrons. The van der Waals surface area contributed by atoms with E-state index >= 15 is 0 Å². The fourth-order valence-corrected chi connectivity index (χ4v) is 3.07. The van der Waals surface area contributed by atoms with Gasteiger partial charge in [0.05, 0.1) is 6.54 Å². The summed E-state index contributed by atoms with van der Waals surface area (Å²) in [6.45, 7) is 4.34. The molecule has 1 aliphatic heterocycles. The number of rotatable bonds is 4. The van der Waals surface area contributed by atoms with Crippen LogP contribution in [0, 0.1) is 5.92 Å². The molecule has 2 heterocycles. The standard InChI is InChI=1S/C15H20N2O3S/c1-11-6-8-17(9-7-11)15(20)16-10-13-3-2-12(21-13)4-5-14(18)19/h2-5,11H,6-10H2,1H3,(H,16,20)(H,18,19). The van der Waals surface area contributed by atoms with Crippen LogP contribution in [0.1, 0.15) is 29.5 Å². The number of carbonyl (C=O) groups is 2. The molecule has 0 aromatic carbocycles. The second-order valence-electron chi connectivity index (χ2n) is 5.30. The van der Waals surface area contributed by atoms with Crippen LogP contribution in [0.2, 0.25) is 0 Å². The fourth-order valence-electron chi connectivity index (χ4n) is 2.22. The maximum Gasteiger partial charge on any atom is 0.328 e. The average Bonchev–Trinajstić information content (AvgIpc) is 2.91. The molecule has 1 fully saturated rings. The highest BCUT2D eigenvalue weighted by atomic mass is 32.1. The lowest BCUT2D eigenvalue weighted by Crippen LogP contribution is -2.43. The first-order chi connectivity index (χ1) is 10.0. The molecule has 5 nitrogen and oxygen atoms in total. The van der Waals surface area contributed by atoms with E-state index in [0.717, 1.165) is 41.8 Å². The van der Waals surface area contributed by atoms with Crippen molar-refractivity contribution in [1.82, 2.24) is 10.2 Å². The summed E-state index contributed by atoms with van der Waals surface area (Å²) >= 11 is 1.48. The third-order valence-corrected chi connectivity index (χ3v) is 4.61. The molecular weight excluding hydrogens is 288 g/mol. The number of hydrogen-bond donors (Lipinski definition) is 2. The first-order valence-corrected chi connectivity index (χ1v) is 7.88. The number of urea groups is 1. The third kappa shape index (κ3) is 4.90. The monoisotopic (exact) mass is 308 g/mol. The molecule has 0 atom stereocenters. The molecule has 2 N–H and O–H groups in total. The van der Waals surface area contributed by atoms with Crippen LogP contribution < -0.4 is 5.32 Å². The number of thiophene rings is 1. The lowest BCUT2D eigenvalue weighted by atomic mass is 10.00. The highest BCUT2D eigenvalue weighted by Gasteiger charge is 2.19. The quantitative estimate of drug-likeness (QED) is 0.840. The molecule has 0 spiro atoms. The smallest absolute Gasteiger partial charge is 0.328 e. The molecule has 0 unspecified atom stereocenters. The van der Waals surface area contributed by atoms with Gasteiger partial charge in [0.2, 0.25) is 0 Å². The van der Waals surface area contributed by atoms with Crippen LogP contribution in [0.25, 0.3) is 6.08 Å². The number of carboxylic acid groups (broad SMARTS) is 1. The zero-order valence-corrected chi connectivity index (χ0v) is 12.9. The molecule has 1 aromatic rings. The summed E-state index contributed by atoms with van der Waals surface area (Å²) in [5.74, 6) is -0.257. The number of aliphatic carboxylic acids is 1. The number of likely N-dealkylation sites (tertiary alicyclic amines) is 1. The van der Waals surface area contributed by atoms with E-state index in [1.54, 1.807) is 6.08 Å². The first-order valence-electron chi connectivity index (χ1n) is 7.07. The van der Waals surface area contributed by atoms with Crippen LogP contribution in [0.4, 0.5) is 4.79 Å². The van der Waals surface area contributed by atoms with E-state index in [4.69, 9.17) is 5.11 Å². The Kier molecular flexibility index (Phi) is 5.38. The maximum atomic E-state index is 12.0. The predicted octanol–water partition coefficient (Wildman–Crippen LogP) is 2.79. The van der Waals surface area contributed by atoms with Gasteiger partial charge in [-0.15, -0.1) is 11.3 Å². The molecule has 2 rings (SSSR count). The Labute approximate surface area is 128 Å². The highest BCUT2D eigenvalue weighted by molar-refractivity contribution is 7.12.